The number of halogens is 3. The summed E-state index contributed by atoms with van der Waals surface area (Å²) in [6, 6.07) is 8.70. The lowest BCUT2D eigenvalue weighted by atomic mass is 10.1. The van der Waals surface area contributed by atoms with Gasteiger partial charge in [-0.1, -0.05) is 12.1 Å². The van der Waals surface area contributed by atoms with Gasteiger partial charge >= 0.3 is 6.18 Å². The Labute approximate surface area is 148 Å². The standard InChI is InChI=1S/C18H18F3NO2S/c1-22(11-12-4-2-5-13(10-12)18(19,20)21)17(23)16-8-7-15(25-16)14-6-3-9-24-14/h2,4-5,7-8,10,14H,3,6,9,11H2,1H3/t14-/m1/s1. The summed E-state index contributed by atoms with van der Waals surface area (Å²) < 4.78 is 44.0. The number of hydrogen-bond acceptors (Lipinski definition) is 3. The third-order valence-electron chi connectivity index (χ3n) is 4.11. The van der Waals surface area contributed by atoms with Crippen LogP contribution in [0.5, 0.6) is 0 Å². The van der Waals surface area contributed by atoms with Crippen LogP contribution in [0.1, 0.15) is 44.6 Å². The van der Waals surface area contributed by atoms with E-state index in [1.807, 2.05) is 6.07 Å². The summed E-state index contributed by atoms with van der Waals surface area (Å²) in [7, 11) is 1.59. The number of alkyl halides is 3. The highest BCUT2D eigenvalue weighted by atomic mass is 32.1. The molecule has 0 saturated carbocycles. The zero-order valence-corrected chi connectivity index (χ0v) is 14.5. The van der Waals surface area contributed by atoms with E-state index in [-0.39, 0.29) is 18.6 Å². The minimum Gasteiger partial charge on any atom is -0.373 e. The fraction of sp³-hybridized carbons (Fsp3) is 0.389. The zero-order valence-electron chi connectivity index (χ0n) is 13.7. The molecule has 25 heavy (non-hydrogen) atoms. The van der Waals surface area contributed by atoms with Crippen LogP contribution in [0, 0.1) is 0 Å². The van der Waals surface area contributed by atoms with Crippen molar-refractivity contribution in [2.75, 3.05) is 13.7 Å². The Morgan fingerprint density at radius 1 is 1.32 bits per heavy atom. The van der Waals surface area contributed by atoms with Crippen molar-refractivity contribution in [2.24, 2.45) is 0 Å². The number of carbonyl (C=O) groups excluding carboxylic acids is 1. The summed E-state index contributed by atoms with van der Waals surface area (Å²) in [6.07, 6.45) is -2.36. The normalized spacial score (nSPS) is 17.7. The summed E-state index contributed by atoms with van der Waals surface area (Å²) in [5, 5.41) is 0. The number of ether oxygens (including phenoxy) is 1. The van der Waals surface area contributed by atoms with E-state index in [1.54, 1.807) is 19.2 Å². The molecule has 1 atom stereocenters. The molecule has 0 bridgehead atoms. The molecule has 3 nitrogen and oxygen atoms in total. The van der Waals surface area contributed by atoms with Crippen LogP contribution >= 0.6 is 11.3 Å². The van der Waals surface area contributed by atoms with Crippen molar-refractivity contribution < 1.29 is 22.7 Å². The van der Waals surface area contributed by atoms with E-state index in [4.69, 9.17) is 4.74 Å². The average Bonchev–Trinajstić information content (AvgIpc) is 3.24. The first kappa shape index (κ1) is 17.9. The quantitative estimate of drug-likeness (QED) is 0.768. The summed E-state index contributed by atoms with van der Waals surface area (Å²) in [5.74, 6) is -0.202. The molecule has 3 rings (SSSR count). The van der Waals surface area contributed by atoms with Gasteiger partial charge in [-0.05, 0) is 42.7 Å². The topological polar surface area (TPSA) is 29.5 Å². The van der Waals surface area contributed by atoms with Crippen LogP contribution < -0.4 is 0 Å². The van der Waals surface area contributed by atoms with Crippen molar-refractivity contribution in [1.29, 1.82) is 0 Å². The van der Waals surface area contributed by atoms with Gasteiger partial charge in [0.05, 0.1) is 16.5 Å². The van der Waals surface area contributed by atoms with Gasteiger partial charge in [-0.25, -0.2) is 0 Å². The SMILES string of the molecule is CN(Cc1cccc(C(F)(F)F)c1)C(=O)c1ccc([C@H]2CCCO2)s1. The number of carbonyl (C=O) groups is 1. The predicted molar refractivity (Wildman–Crippen MR) is 89.5 cm³/mol. The first-order valence-electron chi connectivity index (χ1n) is 7.97. The van der Waals surface area contributed by atoms with E-state index in [0.717, 1.165) is 36.5 Å². The molecular weight excluding hydrogens is 351 g/mol. The minimum absolute atomic E-state index is 0.0559. The Morgan fingerprint density at radius 3 is 2.80 bits per heavy atom. The largest absolute Gasteiger partial charge is 0.416 e. The number of hydrogen-bond donors (Lipinski definition) is 0. The maximum atomic E-state index is 12.8. The Hall–Kier alpha value is -1.86. The second-order valence-corrected chi connectivity index (χ2v) is 7.18. The van der Waals surface area contributed by atoms with Crippen molar-refractivity contribution in [3.63, 3.8) is 0 Å². The van der Waals surface area contributed by atoms with E-state index >= 15 is 0 Å². The molecule has 1 aliphatic rings. The van der Waals surface area contributed by atoms with Crippen molar-refractivity contribution in [2.45, 2.75) is 31.7 Å². The molecule has 2 aromatic rings. The van der Waals surface area contributed by atoms with Gasteiger partial charge in [0.25, 0.3) is 5.91 Å². The third-order valence-corrected chi connectivity index (χ3v) is 5.27. The fourth-order valence-electron chi connectivity index (χ4n) is 2.82. The molecule has 2 heterocycles. The van der Waals surface area contributed by atoms with E-state index < -0.39 is 11.7 Å². The number of nitrogens with zero attached hydrogens (tertiary/aromatic N) is 1. The molecule has 0 N–H and O–H groups in total. The van der Waals surface area contributed by atoms with Crippen LogP contribution in [0.15, 0.2) is 36.4 Å². The molecular formula is C18H18F3NO2S. The molecule has 1 aromatic carbocycles. The van der Waals surface area contributed by atoms with E-state index in [2.05, 4.69) is 0 Å². The van der Waals surface area contributed by atoms with Crippen LogP contribution in [0.4, 0.5) is 13.2 Å². The molecule has 1 amide bonds. The highest BCUT2D eigenvalue weighted by Gasteiger charge is 2.30. The lowest BCUT2D eigenvalue weighted by molar-refractivity contribution is -0.137. The van der Waals surface area contributed by atoms with Crippen molar-refractivity contribution in [3.8, 4) is 0 Å². The van der Waals surface area contributed by atoms with E-state index in [9.17, 15) is 18.0 Å². The lowest BCUT2D eigenvalue weighted by Gasteiger charge is -2.17. The van der Waals surface area contributed by atoms with Gasteiger partial charge in [0.2, 0.25) is 0 Å². The van der Waals surface area contributed by atoms with Crippen LogP contribution in [0.3, 0.4) is 0 Å². The molecule has 0 spiro atoms. The highest BCUT2D eigenvalue weighted by molar-refractivity contribution is 7.14. The van der Waals surface area contributed by atoms with Gasteiger partial charge in [-0.3, -0.25) is 4.79 Å². The van der Waals surface area contributed by atoms with Gasteiger partial charge in [0.15, 0.2) is 0 Å². The second-order valence-electron chi connectivity index (χ2n) is 6.06. The summed E-state index contributed by atoms with van der Waals surface area (Å²) in [5.41, 5.74) is -0.260. The van der Waals surface area contributed by atoms with Gasteiger partial charge in [0, 0.05) is 25.1 Å². The molecule has 1 saturated heterocycles. The molecule has 1 aromatic heterocycles. The molecule has 1 aliphatic heterocycles. The number of rotatable bonds is 4. The summed E-state index contributed by atoms with van der Waals surface area (Å²) in [4.78, 5) is 15.6. The minimum atomic E-state index is -4.39. The maximum absolute atomic E-state index is 12.8. The third kappa shape index (κ3) is 4.22. The molecule has 1 fully saturated rings. The monoisotopic (exact) mass is 369 g/mol. The predicted octanol–water partition coefficient (Wildman–Crippen LogP) is 4.89. The molecule has 0 radical (unpaired) electrons. The van der Waals surface area contributed by atoms with E-state index in [1.165, 1.54) is 22.3 Å². The maximum Gasteiger partial charge on any atom is 0.416 e. The Morgan fingerprint density at radius 2 is 2.12 bits per heavy atom. The average molecular weight is 369 g/mol. The highest BCUT2D eigenvalue weighted by Crippen LogP contribution is 2.34. The molecule has 0 aliphatic carbocycles. The smallest absolute Gasteiger partial charge is 0.373 e. The van der Waals surface area contributed by atoms with Crippen molar-refractivity contribution >= 4 is 17.2 Å². The van der Waals surface area contributed by atoms with Crippen molar-refractivity contribution in [1.82, 2.24) is 4.90 Å². The first-order chi connectivity index (χ1) is 11.8. The summed E-state index contributed by atoms with van der Waals surface area (Å²) >= 11 is 1.39. The van der Waals surface area contributed by atoms with Crippen LogP contribution in [0.25, 0.3) is 0 Å². The summed E-state index contributed by atoms with van der Waals surface area (Å²) in [6.45, 7) is 0.858. The Kier molecular flexibility index (Phi) is 5.15. The Balaban J connectivity index is 1.68. The number of benzene rings is 1. The molecule has 0 unspecified atom stereocenters. The van der Waals surface area contributed by atoms with Crippen molar-refractivity contribution in [3.05, 3.63) is 57.3 Å². The van der Waals surface area contributed by atoms with Gasteiger partial charge in [-0.15, -0.1) is 11.3 Å². The van der Waals surface area contributed by atoms with Gasteiger partial charge in [0.1, 0.15) is 0 Å². The first-order valence-corrected chi connectivity index (χ1v) is 8.79. The molecule has 134 valence electrons. The zero-order chi connectivity index (χ0) is 18.0. The molecule has 7 heteroatoms. The lowest BCUT2D eigenvalue weighted by Crippen LogP contribution is -2.25. The Bertz CT molecular complexity index is 751. The van der Waals surface area contributed by atoms with Crippen LogP contribution in [-0.4, -0.2) is 24.5 Å². The number of amides is 1. The number of thiophene rings is 1. The van der Waals surface area contributed by atoms with Gasteiger partial charge < -0.3 is 9.64 Å². The van der Waals surface area contributed by atoms with E-state index in [0.29, 0.717) is 10.4 Å². The fourth-order valence-corrected chi connectivity index (χ4v) is 3.91. The van der Waals surface area contributed by atoms with Crippen LogP contribution in [-0.2, 0) is 17.5 Å². The second kappa shape index (κ2) is 7.17. The van der Waals surface area contributed by atoms with Crippen LogP contribution in [0.2, 0.25) is 0 Å². The van der Waals surface area contributed by atoms with Gasteiger partial charge in [-0.2, -0.15) is 13.2 Å².